The van der Waals surface area contributed by atoms with Crippen molar-refractivity contribution >= 4 is 5.97 Å². The molecule has 2 aromatic carbocycles. The van der Waals surface area contributed by atoms with Crippen molar-refractivity contribution in [1.82, 2.24) is 0 Å². The van der Waals surface area contributed by atoms with E-state index in [9.17, 15) is 9.90 Å². The van der Waals surface area contributed by atoms with Crippen LogP contribution in [0.5, 0.6) is 0 Å². The highest BCUT2D eigenvalue weighted by atomic mass is 16.4. The van der Waals surface area contributed by atoms with Gasteiger partial charge in [-0.05, 0) is 42.0 Å². The fourth-order valence-electron chi connectivity index (χ4n) is 2.73. The average molecular weight is 296 g/mol. The average Bonchev–Trinajstić information content (AvgIpc) is 2.52. The van der Waals surface area contributed by atoms with Crippen LogP contribution in [0.25, 0.3) is 0 Å². The lowest BCUT2D eigenvalue weighted by molar-refractivity contribution is 0.0696. The Balaban J connectivity index is 2.15. The number of aryl methyl sites for hydroxylation is 1. The first kappa shape index (κ1) is 16.3. The van der Waals surface area contributed by atoms with Crippen LogP contribution in [0.3, 0.4) is 0 Å². The van der Waals surface area contributed by atoms with E-state index in [1.807, 2.05) is 36.4 Å². The van der Waals surface area contributed by atoms with Gasteiger partial charge in [0, 0.05) is 0 Å². The largest absolute Gasteiger partial charge is 0.478 e. The standard InChI is InChI=1S/C20H24O2/c1-2-3-4-6-11-17-12-13-19(20(21)22)18(15-17)14-16-9-7-5-8-10-16/h5,7-10,12-13,15H,2-4,6,11,14H2,1H3,(H,21,22). The van der Waals surface area contributed by atoms with E-state index in [0.717, 1.165) is 17.5 Å². The second-order valence-corrected chi connectivity index (χ2v) is 5.77. The molecule has 0 aromatic heterocycles. The zero-order valence-electron chi connectivity index (χ0n) is 13.2. The highest BCUT2D eigenvalue weighted by molar-refractivity contribution is 5.89. The van der Waals surface area contributed by atoms with Crippen LogP contribution in [-0.4, -0.2) is 11.1 Å². The van der Waals surface area contributed by atoms with Crippen molar-refractivity contribution < 1.29 is 9.90 Å². The minimum Gasteiger partial charge on any atom is -0.478 e. The number of rotatable bonds is 8. The van der Waals surface area contributed by atoms with Crippen LogP contribution in [0.2, 0.25) is 0 Å². The molecule has 2 heteroatoms. The summed E-state index contributed by atoms with van der Waals surface area (Å²) in [6.07, 6.45) is 6.62. The molecule has 2 nitrogen and oxygen atoms in total. The van der Waals surface area contributed by atoms with Crippen molar-refractivity contribution in [2.75, 3.05) is 0 Å². The molecule has 0 atom stereocenters. The van der Waals surface area contributed by atoms with Crippen LogP contribution in [0.1, 0.15) is 59.7 Å². The van der Waals surface area contributed by atoms with Gasteiger partial charge in [0.25, 0.3) is 0 Å². The van der Waals surface area contributed by atoms with Gasteiger partial charge in [0.05, 0.1) is 5.56 Å². The van der Waals surface area contributed by atoms with Crippen molar-refractivity contribution in [3.8, 4) is 0 Å². The van der Waals surface area contributed by atoms with E-state index in [2.05, 4.69) is 13.0 Å². The third kappa shape index (κ3) is 4.73. The SMILES string of the molecule is CCCCCCc1ccc(C(=O)O)c(Cc2ccccc2)c1. The zero-order chi connectivity index (χ0) is 15.8. The second kappa shape index (κ2) is 8.38. The molecular formula is C20H24O2. The third-order valence-corrected chi connectivity index (χ3v) is 3.96. The molecule has 0 heterocycles. The fraction of sp³-hybridized carbons (Fsp3) is 0.350. The monoisotopic (exact) mass is 296 g/mol. The minimum atomic E-state index is -0.844. The van der Waals surface area contributed by atoms with Gasteiger partial charge in [-0.2, -0.15) is 0 Å². The highest BCUT2D eigenvalue weighted by Gasteiger charge is 2.11. The van der Waals surface area contributed by atoms with Gasteiger partial charge in [-0.15, -0.1) is 0 Å². The quantitative estimate of drug-likeness (QED) is 0.688. The van der Waals surface area contributed by atoms with Gasteiger partial charge in [0.15, 0.2) is 0 Å². The smallest absolute Gasteiger partial charge is 0.335 e. The zero-order valence-corrected chi connectivity index (χ0v) is 13.2. The molecule has 116 valence electrons. The Kier molecular flexibility index (Phi) is 6.20. The summed E-state index contributed by atoms with van der Waals surface area (Å²) in [5.74, 6) is -0.844. The number of carboxylic acid groups (broad SMARTS) is 1. The molecule has 2 aromatic rings. The number of hydrogen-bond donors (Lipinski definition) is 1. The first-order valence-electron chi connectivity index (χ1n) is 8.09. The fourth-order valence-corrected chi connectivity index (χ4v) is 2.73. The first-order chi connectivity index (χ1) is 10.7. The van der Waals surface area contributed by atoms with E-state index in [0.29, 0.717) is 12.0 Å². The third-order valence-electron chi connectivity index (χ3n) is 3.96. The lowest BCUT2D eigenvalue weighted by Gasteiger charge is -2.10. The van der Waals surface area contributed by atoms with Crippen molar-refractivity contribution in [1.29, 1.82) is 0 Å². The molecule has 2 rings (SSSR count). The molecule has 0 saturated carbocycles. The molecule has 0 saturated heterocycles. The van der Waals surface area contributed by atoms with E-state index in [1.165, 1.54) is 31.2 Å². The van der Waals surface area contributed by atoms with Gasteiger partial charge in [-0.25, -0.2) is 4.79 Å². The molecule has 22 heavy (non-hydrogen) atoms. The van der Waals surface area contributed by atoms with Crippen molar-refractivity contribution in [2.45, 2.75) is 45.4 Å². The second-order valence-electron chi connectivity index (χ2n) is 5.77. The van der Waals surface area contributed by atoms with Gasteiger partial charge in [0.1, 0.15) is 0 Å². The molecule has 1 N–H and O–H groups in total. The number of carboxylic acids is 1. The molecule has 0 spiro atoms. The summed E-state index contributed by atoms with van der Waals surface area (Å²) in [5, 5.41) is 9.38. The molecule has 0 unspecified atom stereocenters. The van der Waals surface area contributed by atoms with Crippen molar-refractivity contribution in [2.24, 2.45) is 0 Å². The van der Waals surface area contributed by atoms with Crippen LogP contribution in [0, 0.1) is 0 Å². The van der Waals surface area contributed by atoms with E-state index in [4.69, 9.17) is 0 Å². The summed E-state index contributed by atoms with van der Waals surface area (Å²) in [6.45, 7) is 2.21. The number of carbonyl (C=O) groups is 1. The summed E-state index contributed by atoms with van der Waals surface area (Å²) in [7, 11) is 0. The number of benzene rings is 2. The predicted octanol–water partition coefficient (Wildman–Crippen LogP) is 5.10. The summed E-state index contributed by atoms with van der Waals surface area (Å²) in [5.41, 5.74) is 3.72. The van der Waals surface area contributed by atoms with Crippen LogP contribution in [0.4, 0.5) is 0 Å². The van der Waals surface area contributed by atoms with Gasteiger partial charge >= 0.3 is 5.97 Å². The van der Waals surface area contributed by atoms with E-state index < -0.39 is 5.97 Å². The van der Waals surface area contributed by atoms with Gasteiger partial charge in [-0.1, -0.05) is 68.7 Å². The van der Waals surface area contributed by atoms with E-state index in [1.54, 1.807) is 6.07 Å². The van der Waals surface area contributed by atoms with Gasteiger partial charge in [0.2, 0.25) is 0 Å². The molecule has 0 bridgehead atoms. The first-order valence-corrected chi connectivity index (χ1v) is 8.09. The normalized spacial score (nSPS) is 10.6. The Bertz CT molecular complexity index is 602. The predicted molar refractivity (Wildman–Crippen MR) is 90.5 cm³/mol. The van der Waals surface area contributed by atoms with Crippen LogP contribution in [-0.2, 0) is 12.8 Å². The lowest BCUT2D eigenvalue weighted by Crippen LogP contribution is -2.04. The Labute approximate surface area is 132 Å². The molecule has 0 aliphatic rings. The molecule has 0 aliphatic carbocycles. The Hall–Kier alpha value is -2.09. The minimum absolute atomic E-state index is 0.418. The molecule has 0 amide bonds. The van der Waals surface area contributed by atoms with Crippen LogP contribution < -0.4 is 0 Å². The van der Waals surface area contributed by atoms with E-state index in [-0.39, 0.29) is 0 Å². The van der Waals surface area contributed by atoms with Crippen LogP contribution >= 0.6 is 0 Å². The topological polar surface area (TPSA) is 37.3 Å². The van der Waals surface area contributed by atoms with Gasteiger partial charge in [-0.3, -0.25) is 0 Å². The maximum absolute atomic E-state index is 11.4. The number of aromatic carboxylic acids is 1. The number of unbranched alkanes of at least 4 members (excludes halogenated alkanes) is 3. The summed E-state index contributed by atoms with van der Waals surface area (Å²) in [6, 6.07) is 15.8. The lowest BCUT2D eigenvalue weighted by atomic mass is 9.95. The molecular weight excluding hydrogens is 272 g/mol. The molecule has 0 aliphatic heterocycles. The van der Waals surface area contributed by atoms with Gasteiger partial charge < -0.3 is 5.11 Å². The maximum atomic E-state index is 11.4. The Morgan fingerprint density at radius 3 is 2.41 bits per heavy atom. The molecule has 0 fully saturated rings. The summed E-state index contributed by atoms with van der Waals surface area (Å²) < 4.78 is 0. The Morgan fingerprint density at radius 1 is 0.955 bits per heavy atom. The van der Waals surface area contributed by atoms with Crippen LogP contribution in [0.15, 0.2) is 48.5 Å². The van der Waals surface area contributed by atoms with E-state index >= 15 is 0 Å². The summed E-state index contributed by atoms with van der Waals surface area (Å²) >= 11 is 0. The maximum Gasteiger partial charge on any atom is 0.335 e. The van der Waals surface area contributed by atoms with Crippen molar-refractivity contribution in [3.63, 3.8) is 0 Å². The summed E-state index contributed by atoms with van der Waals surface area (Å²) in [4.78, 5) is 11.4. The Morgan fingerprint density at radius 2 is 1.73 bits per heavy atom. The van der Waals surface area contributed by atoms with Crippen molar-refractivity contribution in [3.05, 3.63) is 70.8 Å². The molecule has 0 radical (unpaired) electrons. The number of hydrogen-bond acceptors (Lipinski definition) is 1. The highest BCUT2D eigenvalue weighted by Crippen LogP contribution is 2.18.